The Morgan fingerprint density at radius 3 is 2.61 bits per heavy atom. The first-order valence-corrected chi connectivity index (χ1v) is 10.0. The molecule has 0 heterocycles. The van der Waals surface area contributed by atoms with Gasteiger partial charge in [-0.05, 0) is 43.4 Å². The average molecular weight is 504 g/mol. The van der Waals surface area contributed by atoms with Crippen molar-refractivity contribution in [1.82, 2.24) is 16.0 Å². The Morgan fingerprint density at radius 2 is 1.93 bits per heavy atom. The molecule has 0 aliphatic carbocycles. The maximum absolute atomic E-state index is 12.1. The van der Waals surface area contributed by atoms with Crippen molar-refractivity contribution in [1.29, 1.82) is 0 Å². The van der Waals surface area contributed by atoms with Gasteiger partial charge in [-0.2, -0.15) is 0 Å². The molecule has 0 unspecified atom stereocenters. The Kier molecular flexibility index (Phi) is 15.8. The highest BCUT2D eigenvalue weighted by molar-refractivity contribution is 14.0. The van der Waals surface area contributed by atoms with Crippen LogP contribution in [0.3, 0.4) is 0 Å². The molecular formula is C21H37IN4O2. The second-order valence-electron chi connectivity index (χ2n) is 6.90. The lowest BCUT2D eigenvalue weighted by Gasteiger charge is -2.12. The molecule has 7 heteroatoms. The SMILES string of the molecule is CCCNC(=O)c1cccc(CN=C(NCC)NCCCOCC(C)C)c1.I. The molecule has 0 radical (unpaired) electrons. The molecule has 0 bridgehead atoms. The van der Waals surface area contributed by atoms with Crippen LogP contribution in [0.5, 0.6) is 0 Å². The van der Waals surface area contributed by atoms with Gasteiger partial charge >= 0.3 is 0 Å². The van der Waals surface area contributed by atoms with E-state index in [0.29, 0.717) is 24.6 Å². The zero-order valence-corrected chi connectivity index (χ0v) is 20.0. The second-order valence-corrected chi connectivity index (χ2v) is 6.90. The molecule has 0 saturated carbocycles. The number of hydrogen-bond acceptors (Lipinski definition) is 3. The van der Waals surface area contributed by atoms with Crippen molar-refractivity contribution in [3.05, 3.63) is 35.4 Å². The van der Waals surface area contributed by atoms with Gasteiger partial charge < -0.3 is 20.7 Å². The van der Waals surface area contributed by atoms with E-state index < -0.39 is 0 Å². The minimum Gasteiger partial charge on any atom is -0.381 e. The molecule has 1 aromatic carbocycles. The van der Waals surface area contributed by atoms with Crippen molar-refractivity contribution >= 4 is 35.8 Å². The van der Waals surface area contributed by atoms with Crippen molar-refractivity contribution in [3.63, 3.8) is 0 Å². The van der Waals surface area contributed by atoms with E-state index >= 15 is 0 Å². The third kappa shape index (κ3) is 12.2. The van der Waals surface area contributed by atoms with Gasteiger partial charge in [0.25, 0.3) is 5.91 Å². The van der Waals surface area contributed by atoms with Gasteiger partial charge in [0.1, 0.15) is 0 Å². The first-order chi connectivity index (χ1) is 13.1. The van der Waals surface area contributed by atoms with E-state index in [-0.39, 0.29) is 29.9 Å². The minimum absolute atomic E-state index is 0. The zero-order valence-electron chi connectivity index (χ0n) is 17.7. The Balaban J connectivity index is 0.00000729. The average Bonchev–Trinajstić information content (AvgIpc) is 2.66. The van der Waals surface area contributed by atoms with Crippen molar-refractivity contribution in [2.45, 2.75) is 47.1 Å². The van der Waals surface area contributed by atoms with Crippen LogP contribution in [0.25, 0.3) is 0 Å². The smallest absolute Gasteiger partial charge is 0.251 e. The van der Waals surface area contributed by atoms with E-state index in [2.05, 4.69) is 34.8 Å². The number of carbonyl (C=O) groups is 1. The topological polar surface area (TPSA) is 74.8 Å². The number of halogens is 1. The van der Waals surface area contributed by atoms with Gasteiger partial charge in [0.2, 0.25) is 0 Å². The summed E-state index contributed by atoms with van der Waals surface area (Å²) in [5.74, 6) is 1.31. The number of benzene rings is 1. The molecule has 0 aliphatic heterocycles. The van der Waals surface area contributed by atoms with Gasteiger partial charge in [-0.25, -0.2) is 4.99 Å². The summed E-state index contributed by atoms with van der Waals surface area (Å²) < 4.78 is 5.59. The van der Waals surface area contributed by atoms with Crippen LogP contribution < -0.4 is 16.0 Å². The molecule has 0 spiro atoms. The van der Waals surface area contributed by atoms with E-state index in [4.69, 9.17) is 4.74 Å². The molecule has 160 valence electrons. The van der Waals surface area contributed by atoms with Gasteiger partial charge in [-0.3, -0.25) is 4.79 Å². The van der Waals surface area contributed by atoms with Crippen molar-refractivity contribution < 1.29 is 9.53 Å². The second kappa shape index (κ2) is 16.6. The predicted octanol–water partition coefficient (Wildman–Crippen LogP) is 3.56. The fraction of sp³-hybridized carbons (Fsp3) is 0.619. The molecule has 6 nitrogen and oxygen atoms in total. The van der Waals surface area contributed by atoms with E-state index in [1.165, 1.54) is 0 Å². The monoisotopic (exact) mass is 504 g/mol. The number of amides is 1. The van der Waals surface area contributed by atoms with Gasteiger partial charge in [0, 0.05) is 38.4 Å². The highest BCUT2D eigenvalue weighted by Crippen LogP contribution is 2.07. The molecule has 1 rings (SSSR count). The number of nitrogens with zero attached hydrogens (tertiary/aromatic N) is 1. The number of hydrogen-bond donors (Lipinski definition) is 3. The minimum atomic E-state index is -0.0332. The third-order valence-electron chi connectivity index (χ3n) is 3.70. The zero-order chi connectivity index (χ0) is 19.9. The summed E-state index contributed by atoms with van der Waals surface area (Å²) >= 11 is 0. The van der Waals surface area contributed by atoms with Crippen LogP contribution in [-0.2, 0) is 11.3 Å². The number of nitrogens with one attached hydrogen (secondary N) is 3. The van der Waals surface area contributed by atoms with E-state index in [1.54, 1.807) is 0 Å². The number of aliphatic imine (C=N–C) groups is 1. The standard InChI is InChI=1S/C21H36N4O2.HI/c1-5-11-23-20(26)19-10-7-9-18(14-19)15-25-21(22-6-2)24-12-8-13-27-16-17(3)4;/h7,9-10,14,17H,5-6,8,11-13,15-16H2,1-4H3,(H,23,26)(H2,22,24,25);1H. The fourth-order valence-electron chi connectivity index (χ4n) is 2.36. The van der Waals surface area contributed by atoms with E-state index in [0.717, 1.165) is 50.7 Å². The lowest BCUT2D eigenvalue weighted by atomic mass is 10.1. The van der Waals surface area contributed by atoms with Crippen molar-refractivity contribution in [3.8, 4) is 0 Å². The summed E-state index contributed by atoms with van der Waals surface area (Å²) in [5, 5.41) is 9.47. The summed E-state index contributed by atoms with van der Waals surface area (Å²) in [7, 11) is 0. The summed E-state index contributed by atoms with van der Waals surface area (Å²) in [6.07, 6.45) is 1.86. The molecule has 0 aliphatic rings. The molecule has 0 atom stereocenters. The van der Waals surface area contributed by atoms with Gasteiger partial charge in [0.05, 0.1) is 6.54 Å². The number of rotatable bonds is 12. The van der Waals surface area contributed by atoms with E-state index in [1.807, 2.05) is 38.1 Å². The molecule has 0 saturated heterocycles. The Hall–Kier alpha value is -1.35. The third-order valence-corrected chi connectivity index (χ3v) is 3.70. The van der Waals surface area contributed by atoms with Crippen LogP contribution in [0.15, 0.2) is 29.3 Å². The first kappa shape index (κ1) is 26.6. The molecule has 1 aromatic rings. The molecule has 3 N–H and O–H groups in total. The van der Waals surface area contributed by atoms with Crippen LogP contribution in [-0.4, -0.2) is 44.7 Å². The summed E-state index contributed by atoms with van der Waals surface area (Å²) in [6, 6.07) is 7.62. The summed E-state index contributed by atoms with van der Waals surface area (Å²) in [5.41, 5.74) is 1.69. The Labute approximate surface area is 187 Å². The Morgan fingerprint density at radius 1 is 1.14 bits per heavy atom. The maximum atomic E-state index is 12.1. The first-order valence-electron chi connectivity index (χ1n) is 10.0. The summed E-state index contributed by atoms with van der Waals surface area (Å²) in [6.45, 7) is 12.8. The largest absolute Gasteiger partial charge is 0.381 e. The molecular weight excluding hydrogens is 467 g/mol. The quantitative estimate of drug-likeness (QED) is 0.176. The van der Waals surface area contributed by atoms with Gasteiger partial charge in [-0.1, -0.05) is 32.9 Å². The van der Waals surface area contributed by atoms with Crippen molar-refractivity contribution in [2.75, 3.05) is 32.8 Å². The van der Waals surface area contributed by atoms with E-state index in [9.17, 15) is 4.79 Å². The highest BCUT2D eigenvalue weighted by atomic mass is 127. The number of carbonyl (C=O) groups excluding carboxylic acids is 1. The fourth-order valence-corrected chi connectivity index (χ4v) is 2.36. The highest BCUT2D eigenvalue weighted by Gasteiger charge is 2.05. The summed E-state index contributed by atoms with van der Waals surface area (Å²) in [4.78, 5) is 16.7. The molecule has 0 fully saturated rings. The maximum Gasteiger partial charge on any atom is 0.251 e. The predicted molar refractivity (Wildman–Crippen MR) is 128 cm³/mol. The lowest BCUT2D eigenvalue weighted by molar-refractivity contribution is 0.0953. The lowest BCUT2D eigenvalue weighted by Crippen LogP contribution is -2.38. The van der Waals surface area contributed by atoms with Crippen molar-refractivity contribution in [2.24, 2.45) is 10.9 Å². The van der Waals surface area contributed by atoms with Crippen LogP contribution in [0.1, 0.15) is 56.5 Å². The molecule has 0 aromatic heterocycles. The van der Waals surface area contributed by atoms with Crippen LogP contribution in [0.4, 0.5) is 0 Å². The van der Waals surface area contributed by atoms with Crippen LogP contribution in [0, 0.1) is 5.92 Å². The van der Waals surface area contributed by atoms with Crippen LogP contribution in [0.2, 0.25) is 0 Å². The number of guanidine groups is 1. The molecule has 28 heavy (non-hydrogen) atoms. The van der Waals surface area contributed by atoms with Gasteiger partial charge in [0.15, 0.2) is 5.96 Å². The number of ether oxygens (including phenoxy) is 1. The molecule has 1 amide bonds. The Bertz CT molecular complexity index is 579. The van der Waals surface area contributed by atoms with Gasteiger partial charge in [-0.15, -0.1) is 24.0 Å². The normalized spacial score (nSPS) is 11.1. The van der Waals surface area contributed by atoms with Crippen LogP contribution >= 0.6 is 24.0 Å².